The van der Waals surface area contributed by atoms with Crippen LogP contribution in [0.25, 0.3) is 0 Å². The molecular formula is C12H24ClN3O2. The Morgan fingerprint density at radius 3 is 2.61 bits per heavy atom. The van der Waals surface area contributed by atoms with Crippen molar-refractivity contribution in [2.24, 2.45) is 17.1 Å². The molecule has 1 atom stereocenters. The van der Waals surface area contributed by atoms with Gasteiger partial charge >= 0.3 is 0 Å². The van der Waals surface area contributed by atoms with Crippen LogP contribution >= 0.6 is 12.4 Å². The second kappa shape index (κ2) is 6.95. The standard InChI is InChI=1S/C12H23N3O2.ClH/c1-12(2,7-13)8-15(3)11(17)9-4-5-10(16)14-6-9;/h9H,4-8,13H2,1-3H3,(H,14,16);1H. The van der Waals surface area contributed by atoms with E-state index in [-0.39, 0.29) is 35.6 Å². The van der Waals surface area contributed by atoms with Crippen LogP contribution in [0, 0.1) is 11.3 Å². The predicted octanol–water partition coefficient (Wildman–Crippen LogP) is 0.378. The van der Waals surface area contributed by atoms with E-state index in [0.717, 1.165) is 0 Å². The first-order valence-corrected chi connectivity index (χ1v) is 6.07. The molecule has 3 N–H and O–H groups in total. The Morgan fingerprint density at radius 2 is 2.17 bits per heavy atom. The number of piperidine rings is 1. The molecule has 0 saturated carbocycles. The Bertz CT molecular complexity index is 298. The highest BCUT2D eigenvalue weighted by Gasteiger charge is 2.29. The van der Waals surface area contributed by atoms with Crippen molar-refractivity contribution in [2.45, 2.75) is 26.7 Å². The molecule has 0 aromatic heterocycles. The van der Waals surface area contributed by atoms with Crippen LogP contribution in [0.4, 0.5) is 0 Å². The van der Waals surface area contributed by atoms with E-state index in [9.17, 15) is 9.59 Å². The minimum atomic E-state index is -0.0775. The van der Waals surface area contributed by atoms with E-state index in [4.69, 9.17) is 5.73 Å². The Balaban J connectivity index is 0.00000289. The van der Waals surface area contributed by atoms with Gasteiger partial charge in [0, 0.05) is 26.6 Å². The molecule has 0 bridgehead atoms. The first kappa shape index (κ1) is 17.2. The number of hydrogen-bond acceptors (Lipinski definition) is 3. The summed E-state index contributed by atoms with van der Waals surface area (Å²) in [6.45, 7) is 5.74. The maximum atomic E-state index is 12.1. The number of rotatable bonds is 4. The summed E-state index contributed by atoms with van der Waals surface area (Å²) >= 11 is 0. The molecule has 1 saturated heterocycles. The first-order valence-electron chi connectivity index (χ1n) is 6.07. The summed E-state index contributed by atoms with van der Waals surface area (Å²) in [5.74, 6) is 0.0665. The van der Waals surface area contributed by atoms with Gasteiger partial charge in [0.15, 0.2) is 0 Å². The molecule has 0 spiro atoms. The lowest BCUT2D eigenvalue weighted by Gasteiger charge is -2.32. The third-order valence-electron chi connectivity index (χ3n) is 3.21. The lowest BCUT2D eigenvalue weighted by molar-refractivity contribution is -0.137. The SMILES string of the molecule is CN(CC(C)(C)CN)C(=O)C1CCC(=O)NC1.Cl. The fourth-order valence-electron chi connectivity index (χ4n) is 2.04. The third-order valence-corrected chi connectivity index (χ3v) is 3.21. The second-order valence-corrected chi connectivity index (χ2v) is 5.60. The smallest absolute Gasteiger partial charge is 0.227 e. The zero-order valence-corrected chi connectivity index (χ0v) is 12.2. The number of hydrogen-bond donors (Lipinski definition) is 2. The van der Waals surface area contributed by atoms with Gasteiger partial charge in [-0.05, 0) is 18.4 Å². The maximum Gasteiger partial charge on any atom is 0.227 e. The summed E-state index contributed by atoms with van der Waals surface area (Å²) in [4.78, 5) is 24.9. The van der Waals surface area contributed by atoms with E-state index in [0.29, 0.717) is 32.5 Å². The van der Waals surface area contributed by atoms with Gasteiger partial charge in [0.25, 0.3) is 0 Å². The highest BCUT2D eigenvalue weighted by Crippen LogP contribution is 2.18. The van der Waals surface area contributed by atoms with Gasteiger partial charge in [0.05, 0.1) is 5.92 Å². The summed E-state index contributed by atoms with van der Waals surface area (Å²) < 4.78 is 0. The molecule has 1 heterocycles. The predicted molar refractivity (Wildman–Crippen MR) is 73.5 cm³/mol. The molecular weight excluding hydrogens is 254 g/mol. The first-order chi connectivity index (χ1) is 7.85. The van der Waals surface area contributed by atoms with Gasteiger partial charge in [-0.2, -0.15) is 0 Å². The quantitative estimate of drug-likeness (QED) is 0.780. The topological polar surface area (TPSA) is 75.4 Å². The van der Waals surface area contributed by atoms with E-state index in [1.54, 1.807) is 11.9 Å². The van der Waals surface area contributed by atoms with Crippen molar-refractivity contribution in [2.75, 3.05) is 26.7 Å². The molecule has 2 amide bonds. The van der Waals surface area contributed by atoms with E-state index in [1.807, 2.05) is 13.8 Å². The number of carbonyl (C=O) groups is 2. The fourth-order valence-corrected chi connectivity index (χ4v) is 2.04. The minimum absolute atomic E-state index is 0. The molecule has 6 heteroatoms. The highest BCUT2D eigenvalue weighted by molar-refractivity contribution is 5.85. The van der Waals surface area contributed by atoms with Gasteiger partial charge in [-0.15, -0.1) is 12.4 Å². The van der Waals surface area contributed by atoms with Crippen LogP contribution in [0.15, 0.2) is 0 Å². The van der Waals surface area contributed by atoms with Crippen molar-refractivity contribution in [3.8, 4) is 0 Å². The third kappa shape index (κ3) is 4.82. The number of nitrogens with one attached hydrogen (secondary N) is 1. The molecule has 18 heavy (non-hydrogen) atoms. The Kier molecular flexibility index (Phi) is 6.63. The number of carbonyl (C=O) groups excluding carboxylic acids is 2. The number of nitrogens with two attached hydrogens (primary N) is 1. The van der Waals surface area contributed by atoms with Crippen molar-refractivity contribution >= 4 is 24.2 Å². The van der Waals surface area contributed by atoms with Crippen LogP contribution in [-0.2, 0) is 9.59 Å². The van der Waals surface area contributed by atoms with Crippen LogP contribution < -0.4 is 11.1 Å². The van der Waals surface area contributed by atoms with Gasteiger partial charge in [-0.25, -0.2) is 0 Å². The number of amides is 2. The lowest BCUT2D eigenvalue weighted by Crippen LogP contribution is -2.46. The molecule has 1 aliphatic rings. The van der Waals surface area contributed by atoms with Crippen molar-refractivity contribution in [3.63, 3.8) is 0 Å². The summed E-state index contributed by atoms with van der Waals surface area (Å²) in [5, 5.41) is 2.73. The summed E-state index contributed by atoms with van der Waals surface area (Å²) in [6, 6.07) is 0. The summed E-state index contributed by atoms with van der Waals surface area (Å²) in [5.41, 5.74) is 5.59. The minimum Gasteiger partial charge on any atom is -0.355 e. The van der Waals surface area contributed by atoms with Gasteiger partial charge < -0.3 is 16.0 Å². The van der Waals surface area contributed by atoms with Gasteiger partial charge in [-0.3, -0.25) is 9.59 Å². The Hall–Kier alpha value is -0.810. The molecule has 0 radical (unpaired) electrons. The summed E-state index contributed by atoms with van der Waals surface area (Å²) in [6.07, 6.45) is 1.10. The zero-order chi connectivity index (χ0) is 13.1. The Morgan fingerprint density at radius 1 is 1.56 bits per heavy atom. The van der Waals surface area contributed by atoms with Gasteiger partial charge in [0.1, 0.15) is 0 Å². The molecule has 106 valence electrons. The number of nitrogens with zero attached hydrogens (tertiary/aromatic N) is 1. The van der Waals surface area contributed by atoms with Crippen molar-refractivity contribution in [1.29, 1.82) is 0 Å². The average molecular weight is 278 g/mol. The van der Waals surface area contributed by atoms with Crippen molar-refractivity contribution in [3.05, 3.63) is 0 Å². The normalized spacial score (nSPS) is 19.8. The lowest BCUT2D eigenvalue weighted by atomic mass is 9.91. The molecule has 0 aliphatic carbocycles. The summed E-state index contributed by atoms with van der Waals surface area (Å²) in [7, 11) is 1.80. The zero-order valence-electron chi connectivity index (χ0n) is 11.4. The van der Waals surface area contributed by atoms with Crippen LogP contribution in [-0.4, -0.2) is 43.4 Å². The largest absolute Gasteiger partial charge is 0.355 e. The van der Waals surface area contributed by atoms with Gasteiger partial charge in [0.2, 0.25) is 11.8 Å². The van der Waals surface area contributed by atoms with Crippen molar-refractivity contribution in [1.82, 2.24) is 10.2 Å². The van der Waals surface area contributed by atoms with Crippen molar-refractivity contribution < 1.29 is 9.59 Å². The number of halogens is 1. The second-order valence-electron chi connectivity index (χ2n) is 5.60. The Labute approximate surface area is 115 Å². The van der Waals surface area contributed by atoms with Crippen LogP contribution in [0.2, 0.25) is 0 Å². The highest BCUT2D eigenvalue weighted by atomic mass is 35.5. The molecule has 1 aliphatic heterocycles. The van der Waals surface area contributed by atoms with Gasteiger partial charge in [-0.1, -0.05) is 13.8 Å². The fraction of sp³-hybridized carbons (Fsp3) is 0.833. The molecule has 1 unspecified atom stereocenters. The average Bonchev–Trinajstić information content (AvgIpc) is 2.28. The monoisotopic (exact) mass is 277 g/mol. The van der Waals surface area contributed by atoms with E-state index in [2.05, 4.69) is 5.32 Å². The molecule has 1 rings (SSSR count). The van der Waals surface area contributed by atoms with Crippen LogP contribution in [0.3, 0.4) is 0 Å². The molecule has 1 fully saturated rings. The molecule has 0 aromatic rings. The van der Waals surface area contributed by atoms with Crippen LogP contribution in [0.5, 0.6) is 0 Å². The maximum absolute atomic E-state index is 12.1. The van der Waals surface area contributed by atoms with Crippen LogP contribution in [0.1, 0.15) is 26.7 Å². The molecule has 5 nitrogen and oxygen atoms in total. The molecule has 0 aromatic carbocycles. The van der Waals surface area contributed by atoms with E-state index < -0.39 is 0 Å². The van der Waals surface area contributed by atoms with E-state index in [1.165, 1.54) is 0 Å². The van der Waals surface area contributed by atoms with E-state index >= 15 is 0 Å².